The number of carbonyl (C=O) groups is 2. The van der Waals surface area contributed by atoms with E-state index in [0.717, 1.165) is 11.3 Å². The van der Waals surface area contributed by atoms with Gasteiger partial charge in [0.25, 0.3) is 0 Å². The van der Waals surface area contributed by atoms with Gasteiger partial charge in [-0.1, -0.05) is 11.3 Å². The molecule has 8 heteroatoms. The zero-order valence-electron chi connectivity index (χ0n) is 9.75. The monoisotopic (exact) mass is 274 g/mol. The molecule has 1 heterocycles. The lowest BCUT2D eigenvalue weighted by Crippen LogP contribution is -2.34. The van der Waals surface area contributed by atoms with Crippen molar-refractivity contribution in [3.8, 4) is 0 Å². The first-order chi connectivity index (χ1) is 8.41. The number of nitrogens with one attached hydrogen (secondary N) is 1. The van der Waals surface area contributed by atoms with Crippen LogP contribution in [-0.4, -0.2) is 39.3 Å². The van der Waals surface area contributed by atoms with E-state index in [1.54, 1.807) is 12.3 Å². The Morgan fingerprint density at radius 1 is 1.56 bits per heavy atom. The summed E-state index contributed by atoms with van der Waals surface area (Å²) >= 11 is 1.02. The van der Waals surface area contributed by atoms with E-state index in [-0.39, 0.29) is 24.4 Å². The molecule has 0 unspecified atom stereocenters. The number of carboxylic acid groups (broad SMARTS) is 1. The first-order valence-electron chi connectivity index (χ1n) is 5.24. The molecule has 0 aliphatic carbocycles. The number of carbonyl (C=O) groups excluding carboxylic acids is 1. The molecule has 1 atom stereocenters. The molecular formula is C10H14N2O5S. The second-order valence-corrected chi connectivity index (χ2v) is 4.54. The van der Waals surface area contributed by atoms with Gasteiger partial charge in [-0.25, -0.2) is 4.79 Å². The normalized spacial score (nSPS) is 12.1. The Balaban J connectivity index is 2.39. The highest BCUT2D eigenvalue weighted by Gasteiger charge is 2.13. The minimum absolute atomic E-state index is 0.0459. The van der Waals surface area contributed by atoms with Crippen molar-refractivity contribution in [3.05, 3.63) is 20.7 Å². The summed E-state index contributed by atoms with van der Waals surface area (Å²) in [6.07, 6.45) is -1.56. The van der Waals surface area contributed by atoms with Gasteiger partial charge in [-0.15, -0.1) is 0 Å². The summed E-state index contributed by atoms with van der Waals surface area (Å²) in [4.78, 5) is 32.9. The first-order valence-corrected chi connectivity index (χ1v) is 6.12. The van der Waals surface area contributed by atoms with Gasteiger partial charge in [0.1, 0.15) is 6.54 Å². The molecule has 0 aliphatic heterocycles. The Morgan fingerprint density at radius 3 is 2.72 bits per heavy atom. The van der Waals surface area contributed by atoms with Gasteiger partial charge < -0.3 is 15.5 Å². The number of hydrogen-bond donors (Lipinski definition) is 3. The molecular weight excluding hydrogens is 260 g/mol. The van der Waals surface area contributed by atoms with Crippen LogP contribution in [0.4, 0.5) is 0 Å². The second kappa shape index (κ2) is 6.31. The highest BCUT2D eigenvalue weighted by molar-refractivity contribution is 7.07. The molecule has 0 bridgehead atoms. The molecule has 0 radical (unpaired) electrons. The summed E-state index contributed by atoms with van der Waals surface area (Å²) in [7, 11) is 0. The number of aliphatic carboxylic acids is 1. The van der Waals surface area contributed by atoms with Crippen molar-refractivity contribution in [2.75, 3.05) is 6.54 Å². The van der Waals surface area contributed by atoms with Crippen molar-refractivity contribution in [3.63, 3.8) is 0 Å². The molecule has 100 valence electrons. The molecule has 3 N–H and O–H groups in total. The summed E-state index contributed by atoms with van der Waals surface area (Å²) < 4.78 is 1.33. The van der Waals surface area contributed by atoms with Crippen LogP contribution in [0.25, 0.3) is 0 Å². The van der Waals surface area contributed by atoms with Crippen LogP contribution in [0.2, 0.25) is 0 Å². The fourth-order valence-corrected chi connectivity index (χ4v) is 2.00. The molecule has 1 amide bonds. The maximum absolute atomic E-state index is 11.5. The minimum atomic E-state index is -1.49. The molecule has 0 spiro atoms. The van der Waals surface area contributed by atoms with Crippen LogP contribution < -0.4 is 10.2 Å². The number of hydrogen-bond acceptors (Lipinski definition) is 5. The van der Waals surface area contributed by atoms with Crippen LogP contribution in [0, 0.1) is 6.92 Å². The molecule has 0 aromatic carbocycles. The summed E-state index contributed by atoms with van der Waals surface area (Å²) in [5.74, 6) is -1.72. The summed E-state index contributed by atoms with van der Waals surface area (Å²) in [5, 5.41) is 21.5. The third kappa shape index (κ3) is 3.97. The minimum Gasteiger partial charge on any atom is -0.479 e. The van der Waals surface area contributed by atoms with Gasteiger partial charge in [0.2, 0.25) is 5.91 Å². The standard InChI is InChI=1S/C10H14N2O5S/c1-6-5-18-10(17)12(6)4-8(14)11-3-2-7(13)9(15)16/h5,7,13H,2-4H2,1H3,(H,11,14)(H,15,16)/t7-/m0/s1. The zero-order valence-corrected chi connectivity index (χ0v) is 10.6. The quantitative estimate of drug-likeness (QED) is 0.627. The van der Waals surface area contributed by atoms with E-state index >= 15 is 0 Å². The number of thiazole rings is 1. The fraction of sp³-hybridized carbons (Fsp3) is 0.500. The van der Waals surface area contributed by atoms with Crippen molar-refractivity contribution in [1.29, 1.82) is 0 Å². The molecule has 1 aromatic heterocycles. The van der Waals surface area contributed by atoms with E-state index in [4.69, 9.17) is 10.2 Å². The second-order valence-electron chi connectivity index (χ2n) is 3.72. The van der Waals surface area contributed by atoms with Gasteiger partial charge >= 0.3 is 10.8 Å². The average Bonchev–Trinajstić information content (AvgIpc) is 2.60. The number of aliphatic hydroxyl groups excluding tert-OH is 1. The predicted molar refractivity (Wildman–Crippen MR) is 64.6 cm³/mol. The lowest BCUT2D eigenvalue weighted by Gasteiger charge is -2.08. The number of carboxylic acids is 1. The fourth-order valence-electron chi connectivity index (χ4n) is 1.27. The van der Waals surface area contributed by atoms with Crippen molar-refractivity contribution < 1.29 is 19.8 Å². The lowest BCUT2D eigenvalue weighted by molar-refractivity contribution is -0.147. The molecule has 0 fully saturated rings. The third-order valence-electron chi connectivity index (χ3n) is 2.30. The maximum atomic E-state index is 11.5. The van der Waals surface area contributed by atoms with Crippen molar-refractivity contribution >= 4 is 23.2 Å². The average molecular weight is 274 g/mol. The number of aromatic nitrogens is 1. The Morgan fingerprint density at radius 2 is 2.22 bits per heavy atom. The Labute approximate surface area is 107 Å². The molecule has 18 heavy (non-hydrogen) atoms. The van der Waals surface area contributed by atoms with Crippen molar-refractivity contribution in [1.82, 2.24) is 9.88 Å². The summed E-state index contributed by atoms with van der Waals surface area (Å²) in [6.45, 7) is 1.67. The molecule has 1 rings (SSSR count). The van der Waals surface area contributed by atoms with Gasteiger partial charge in [-0.05, 0) is 6.92 Å². The van der Waals surface area contributed by atoms with Gasteiger partial charge in [0.15, 0.2) is 6.10 Å². The molecule has 1 aromatic rings. The largest absolute Gasteiger partial charge is 0.479 e. The molecule has 0 saturated heterocycles. The Hall–Kier alpha value is -1.67. The van der Waals surface area contributed by atoms with E-state index in [0.29, 0.717) is 5.69 Å². The van der Waals surface area contributed by atoms with Gasteiger partial charge in [0, 0.05) is 24.0 Å². The molecule has 0 aliphatic rings. The van der Waals surface area contributed by atoms with Gasteiger partial charge in [0.05, 0.1) is 0 Å². The van der Waals surface area contributed by atoms with Crippen LogP contribution in [0.5, 0.6) is 0 Å². The number of aliphatic hydroxyl groups is 1. The highest BCUT2D eigenvalue weighted by atomic mass is 32.1. The number of rotatable bonds is 6. The van der Waals surface area contributed by atoms with Crippen LogP contribution in [0.3, 0.4) is 0 Å². The van der Waals surface area contributed by atoms with Crippen LogP contribution in [0.15, 0.2) is 10.2 Å². The zero-order chi connectivity index (χ0) is 13.7. The van der Waals surface area contributed by atoms with E-state index in [1.807, 2.05) is 0 Å². The molecule has 0 saturated carbocycles. The highest BCUT2D eigenvalue weighted by Crippen LogP contribution is 1.98. The van der Waals surface area contributed by atoms with E-state index < -0.39 is 18.0 Å². The summed E-state index contributed by atoms with van der Waals surface area (Å²) in [5.41, 5.74) is 0.700. The lowest BCUT2D eigenvalue weighted by atomic mass is 10.2. The molecule has 7 nitrogen and oxygen atoms in total. The predicted octanol–water partition coefficient (Wildman–Crippen LogP) is -0.830. The summed E-state index contributed by atoms with van der Waals surface area (Å²) in [6, 6.07) is 0. The first kappa shape index (κ1) is 14.4. The number of amides is 1. The van der Waals surface area contributed by atoms with Crippen LogP contribution in [0.1, 0.15) is 12.1 Å². The Bertz CT molecular complexity index is 493. The van der Waals surface area contributed by atoms with E-state index in [1.165, 1.54) is 4.57 Å². The van der Waals surface area contributed by atoms with Crippen molar-refractivity contribution in [2.45, 2.75) is 26.0 Å². The maximum Gasteiger partial charge on any atom is 0.332 e. The van der Waals surface area contributed by atoms with E-state index in [9.17, 15) is 14.4 Å². The number of nitrogens with zero attached hydrogens (tertiary/aromatic N) is 1. The van der Waals surface area contributed by atoms with Gasteiger partial charge in [-0.3, -0.25) is 14.2 Å². The topological polar surface area (TPSA) is 109 Å². The van der Waals surface area contributed by atoms with Crippen molar-refractivity contribution in [2.24, 2.45) is 0 Å². The van der Waals surface area contributed by atoms with Crippen LogP contribution in [-0.2, 0) is 16.1 Å². The van der Waals surface area contributed by atoms with Gasteiger partial charge in [-0.2, -0.15) is 0 Å². The third-order valence-corrected chi connectivity index (χ3v) is 3.18. The van der Waals surface area contributed by atoms with Crippen LogP contribution >= 0.6 is 11.3 Å². The Kier molecular flexibility index (Phi) is 5.05. The van der Waals surface area contributed by atoms with E-state index in [2.05, 4.69) is 5.32 Å². The smallest absolute Gasteiger partial charge is 0.332 e. The number of aryl methyl sites for hydroxylation is 1. The SMILES string of the molecule is Cc1csc(=O)n1CC(=O)NCC[C@H](O)C(=O)O.